The van der Waals surface area contributed by atoms with Gasteiger partial charge in [0.25, 0.3) is 0 Å². The summed E-state index contributed by atoms with van der Waals surface area (Å²) in [4.78, 5) is 7.01. The van der Waals surface area contributed by atoms with E-state index < -0.39 is 0 Å². The predicted molar refractivity (Wildman–Crippen MR) is 63.0 cm³/mol. The summed E-state index contributed by atoms with van der Waals surface area (Å²) in [5.41, 5.74) is 0. The van der Waals surface area contributed by atoms with Crippen molar-refractivity contribution in [3.8, 4) is 0 Å². The van der Waals surface area contributed by atoms with Crippen LogP contribution in [0.15, 0.2) is 12.4 Å². The van der Waals surface area contributed by atoms with Gasteiger partial charge in [-0.15, -0.1) is 0 Å². The van der Waals surface area contributed by atoms with Gasteiger partial charge in [0.15, 0.2) is 0 Å². The normalized spacial score (nSPS) is 29.8. The standard InChI is InChI=1S/C12H20N4/c1-2-16-4-3-14-12(16)9-15-7-10-5-13-6-11(10)8-15/h3-4,10-11,13H,2,5-9H2,1H3. The van der Waals surface area contributed by atoms with E-state index in [1.807, 2.05) is 6.20 Å². The predicted octanol–water partition coefficient (Wildman–Crippen LogP) is 0.554. The Balaban J connectivity index is 1.64. The molecule has 2 saturated heterocycles. The molecule has 88 valence electrons. The number of hydrogen-bond donors (Lipinski definition) is 1. The van der Waals surface area contributed by atoms with Gasteiger partial charge in [-0.1, -0.05) is 0 Å². The Labute approximate surface area is 96.7 Å². The molecule has 16 heavy (non-hydrogen) atoms. The average molecular weight is 220 g/mol. The molecular formula is C12H20N4. The minimum absolute atomic E-state index is 0.880. The SMILES string of the molecule is CCn1ccnc1CN1CC2CNCC2C1. The quantitative estimate of drug-likeness (QED) is 0.808. The molecule has 1 aromatic rings. The molecule has 3 rings (SSSR count). The van der Waals surface area contributed by atoms with Crippen molar-refractivity contribution in [2.24, 2.45) is 11.8 Å². The Morgan fingerprint density at radius 2 is 2.12 bits per heavy atom. The van der Waals surface area contributed by atoms with E-state index in [2.05, 4.69) is 32.9 Å². The van der Waals surface area contributed by atoms with Gasteiger partial charge >= 0.3 is 0 Å². The second-order valence-electron chi connectivity index (χ2n) is 5.00. The molecule has 3 heterocycles. The Hall–Kier alpha value is -0.870. The van der Waals surface area contributed by atoms with Gasteiger partial charge in [-0.3, -0.25) is 4.90 Å². The van der Waals surface area contributed by atoms with Crippen LogP contribution in [-0.2, 0) is 13.1 Å². The van der Waals surface area contributed by atoms with Crippen LogP contribution in [0.1, 0.15) is 12.7 Å². The zero-order valence-corrected chi connectivity index (χ0v) is 9.89. The zero-order chi connectivity index (χ0) is 11.0. The van der Waals surface area contributed by atoms with E-state index in [0.29, 0.717) is 0 Å². The molecule has 2 aliphatic rings. The number of imidazole rings is 1. The number of rotatable bonds is 3. The first kappa shape index (κ1) is 10.3. The van der Waals surface area contributed by atoms with Gasteiger partial charge in [-0.05, 0) is 31.8 Å². The number of aromatic nitrogens is 2. The van der Waals surface area contributed by atoms with E-state index >= 15 is 0 Å². The molecule has 4 nitrogen and oxygen atoms in total. The van der Waals surface area contributed by atoms with Crippen LogP contribution in [0, 0.1) is 11.8 Å². The van der Waals surface area contributed by atoms with Gasteiger partial charge in [0.1, 0.15) is 5.82 Å². The number of fused-ring (bicyclic) bond motifs is 1. The van der Waals surface area contributed by atoms with E-state index in [1.165, 1.54) is 32.0 Å². The van der Waals surface area contributed by atoms with E-state index in [1.54, 1.807) is 0 Å². The first-order chi connectivity index (χ1) is 7.86. The van der Waals surface area contributed by atoms with Crippen molar-refractivity contribution in [3.63, 3.8) is 0 Å². The summed E-state index contributed by atoms with van der Waals surface area (Å²) >= 11 is 0. The van der Waals surface area contributed by atoms with E-state index in [0.717, 1.165) is 24.9 Å². The Morgan fingerprint density at radius 1 is 1.38 bits per heavy atom. The topological polar surface area (TPSA) is 33.1 Å². The molecule has 2 unspecified atom stereocenters. The monoisotopic (exact) mass is 220 g/mol. The lowest BCUT2D eigenvalue weighted by Gasteiger charge is -2.16. The van der Waals surface area contributed by atoms with Crippen molar-refractivity contribution in [3.05, 3.63) is 18.2 Å². The van der Waals surface area contributed by atoms with E-state index in [9.17, 15) is 0 Å². The van der Waals surface area contributed by atoms with Crippen LogP contribution in [-0.4, -0.2) is 40.6 Å². The maximum absolute atomic E-state index is 4.45. The number of hydrogen-bond acceptors (Lipinski definition) is 3. The minimum Gasteiger partial charge on any atom is -0.334 e. The third-order valence-electron chi connectivity index (χ3n) is 3.97. The first-order valence-corrected chi connectivity index (χ1v) is 6.30. The van der Waals surface area contributed by atoms with E-state index in [4.69, 9.17) is 0 Å². The van der Waals surface area contributed by atoms with Crippen LogP contribution in [0.25, 0.3) is 0 Å². The molecule has 0 aromatic carbocycles. The lowest BCUT2D eigenvalue weighted by atomic mass is 10.0. The zero-order valence-electron chi connectivity index (χ0n) is 9.89. The molecule has 1 N–H and O–H groups in total. The Morgan fingerprint density at radius 3 is 2.81 bits per heavy atom. The Kier molecular flexibility index (Phi) is 2.69. The highest BCUT2D eigenvalue weighted by molar-refractivity contribution is 4.96. The largest absolute Gasteiger partial charge is 0.334 e. The van der Waals surface area contributed by atoms with Crippen molar-refractivity contribution in [2.45, 2.75) is 20.0 Å². The Bertz CT molecular complexity index is 348. The molecule has 0 spiro atoms. The molecule has 2 aliphatic heterocycles. The summed E-state index contributed by atoms with van der Waals surface area (Å²) in [6, 6.07) is 0. The number of nitrogens with zero attached hydrogens (tertiary/aromatic N) is 3. The van der Waals surface area contributed by atoms with Crippen LogP contribution in [0.3, 0.4) is 0 Å². The number of nitrogens with one attached hydrogen (secondary N) is 1. The summed E-state index contributed by atoms with van der Waals surface area (Å²) in [6.45, 7) is 9.13. The summed E-state index contributed by atoms with van der Waals surface area (Å²) in [7, 11) is 0. The fourth-order valence-electron chi connectivity index (χ4n) is 3.06. The third kappa shape index (κ3) is 1.76. The second-order valence-corrected chi connectivity index (χ2v) is 5.00. The summed E-state index contributed by atoms with van der Waals surface area (Å²) in [6.07, 6.45) is 3.99. The molecule has 0 aliphatic carbocycles. The number of likely N-dealkylation sites (tertiary alicyclic amines) is 1. The highest BCUT2D eigenvalue weighted by Crippen LogP contribution is 2.27. The minimum atomic E-state index is 0.880. The smallest absolute Gasteiger partial charge is 0.122 e. The summed E-state index contributed by atoms with van der Waals surface area (Å²) in [5.74, 6) is 2.98. The van der Waals surface area contributed by atoms with E-state index in [-0.39, 0.29) is 0 Å². The fourth-order valence-corrected chi connectivity index (χ4v) is 3.06. The van der Waals surface area contributed by atoms with Crippen molar-refractivity contribution in [2.75, 3.05) is 26.2 Å². The van der Waals surface area contributed by atoms with Gasteiger partial charge < -0.3 is 9.88 Å². The molecule has 0 amide bonds. The van der Waals surface area contributed by atoms with Crippen molar-refractivity contribution in [1.29, 1.82) is 0 Å². The molecule has 1 aromatic heterocycles. The van der Waals surface area contributed by atoms with Gasteiger partial charge in [-0.2, -0.15) is 0 Å². The van der Waals surface area contributed by atoms with Crippen LogP contribution < -0.4 is 5.32 Å². The van der Waals surface area contributed by atoms with Crippen LogP contribution >= 0.6 is 0 Å². The van der Waals surface area contributed by atoms with Crippen LogP contribution in [0.4, 0.5) is 0 Å². The van der Waals surface area contributed by atoms with Crippen molar-refractivity contribution in [1.82, 2.24) is 19.8 Å². The molecular weight excluding hydrogens is 200 g/mol. The van der Waals surface area contributed by atoms with Crippen molar-refractivity contribution >= 4 is 0 Å². The first-order valence-electron chi connectivity index (χ1n) is 6.30. The molecule has 2 atom stereocenters. The molecule has 0 bridgehead atoms. The number of aryl methyl sites for hydroxylation is 1. The maximum atomic E-state index is 4.45. The highest BCUT2D eigenvalue weighted by atomic mass is 15.2. The van der Waals surface area contributed by atoms with Gasteiger partial charge in [0.05, 0.1) is 6.54 Å². The lowest BCUT2D eigenvalue weighted by Crippen LogP contribution is -2.26. The van der Waals surface area contributed by atoms with Crippen LogP contribution in [0.5, 0.6) is 0 Å². The van der Waals surface area contributed by atoms with Gasteiger partial charge in [0.2, 0.25) is 0 Å². The molecule has 4 heteroatoms. The lowest BCUT2D eigenvalue weighted by molar-refractivity contribution is 0.293. The van der Waals surface area contributed by atoms with Crippen molar-refractivity contribution < 1.29 is 0 Å². The molecule has 0 saturated carbocycles. The van der Waals surface area contributed by atoms with Gasteiger partial charge in [-0.25, -0.2) is 4.98 Å². The second kappa shape index (κ2) is 4.18. The summed E-state index contributed by atoms with van der Waals surface area (Å²) in [5, 5.41) is 3.48. The molecule has 2 fully saturated rings. The van der Waals surface area contributed by atoms with Gasteiger partial charge in [0, 0.05) is 32.0 Å². The highest BCUT2D eigenvalue weighted by Gasteiger charge is 2.36. The third-order valence-corrected chi connectivity index (χ3v) is 3.97. The molecule has 0 radical (unpaired) electrons. The van der Waals surface area contributed by atoms with Crippen LogP contribution in [0.2, 0.25) is 0 Å². The summed E-state index contributed by atoms with van der Waals surface area (Å²) < 4.78 is 2.24. The average Bonchev–Trinajstić information content (AvgIpc) is 2.92. The maximum Gasteiger partial charge on any atom is 0.122 e. The fraction of sp³-hybridized carbons (Fsp3) is 0.750.